The van der Waals surface area contributed by atoms with Crippen molar-refractivity contribution < 1.29 is 9.53 Å². The number of rotatable bonds is 9. The molecule has 0 radical (unpaired) electrons. The molecule has 1 saturated heterocycles. The maximum Gasteiger partial charge on any atom is 0.308 e. The number of carbonyl (C=O) groups excluding carboxylic acids is 1. The molecular formula is C15H26O2. The molecule has 17 heavy (non-hydrogen) atoms. The molecule has 0 spiro atoms. The fourth-order valence-electron chi connectivity index (χ4n) is 2.39. The van der Waals surface area contributed by atoms with E-state index in [2.05, 4.69) is 6.58 Å². The van der Waals surface area contributed by atoms with Crippen LogP contribution in [0.5, 0.6) is 0 Å². The van der Waals surface area contributed by atoms with E-state index in [1.165, 1.54) is 38.5 Å². The lowest BCUT2D eigenvalue weighted by molar-refractivity contribution is -0.153. The molecule has 2 heteroatoms. The minimum absolute atomic E-state index is 0.0437. The Morgan fingerprint density at radius 1 is 1.18 bits per heavy atom. The van der Waals surface area contributed by atoms with Crippen LogP contribution >= 0.6 is 0 Å². The minimum atomic E-state index is 0.0437. The highest BCUT2D eigenvalue weighted by molar-refractivity contribution is 5.72. The van der Waals surface area contributed by atoms with Gasteiger partial charge in [-0.15, -0.1) is 6.58 Å². The van der Waals surface area contributed by atoms with Gasteiger partial charge in [-0.3, -0.25) is 4.79 Å². The molecule has 0 aliphatic carbocycles. The van der Waals surface area contributed by atoms with E-state index in [9.17, 15) is 4.79 Å². The first-order valence-corrected chi connectivity index (χ1v) is 7.12. The van der Waals surface area contributed by atoms with Crippen LogP contribution in [0.1, 0.15) is 64.2 Å². The van der Waals surface area contributed by atoms with Crippen LogP contribution in [-0.4, -0.2) is 12.6 Å². The highest BCUT2D eigenvalue weighted by Crippen LogP contribution is 2.21. The Bertz CT molecular complexity index is 223. The second-order valence-electron chi connectivity index (χ2n) is 4.99. The molecule has 0 bridgehead atoms. The monoisotopic (exact) mass is 238 g/mol. The van der Waals surface area contributed by atoms with Crippen LogP contribution in [0.3, 0.4) is 0 Å². The van der Waals surface area contributed by atoms with Gasteiger partial charge in [0.15, 0.2) is 0 Å². The average Bonchev–Trinajstić information content (AvgIpc) is 2.35. The Morgan fingerprint density at radius 3 is 2.59 bits per heavy atom. The van der Waals surface area contributed by atoms with Gasteiger partial charge in [0.1, 0.15) is 0 Å². The standard InChI is InChI=1S/C15H26O2/c1-2-3-4-5-6-7-8-9-11-14-12-10-13-17-15(14)16/h2,14H,1,3-13H2. The Balaban J connectivity index is 1.89. The molecule has 0 amide bonds. The van der Waals surface area contributed by atoms with Crippen LogP contribution in [-0.2, 0) is 9.53 Å². The van der Waals surface area contributed by atoms with Gasteiger partial charge in [0, 0.05) is 0 Å². The molecule has 0 N–H and O–H groups in total. The van der Waals surface area contributed by atoms with E-state index in [0.717, 1.165) is 25.7 Å². The number of esters is 1. The molecular weight excluding hydrogens is 212 g/mol. The molecule has 0 aromatic carbocycles. The van der Waals surface area contributed by atoms with Gasteiger partial charge >= 0.3 is 5.97 Å². The Morgan fingerprint density at radius 2 is 1.88 bits per heavy atom. The van der Waals surface area contributed by atoms with Crippen molar-refractivity contribution >= 4 is 5.97 Å². The topological polar surface area (TPSA) is 26.3 Å². The van der Waals surface area contributed by atoms with Gasteiger partial charge in [0.25, 0.3) is 0 Å². The van der Waals surface area contributed by atoms with Crippen molar-refractivity contribution in [3.05, 3.63) is 12.7 Å². The molecule has 0 saturated carbocycles. The Labute approximate surface area is 105 Å². The maximum atomic E-state index is 11.4. The summed E-state index contributed by atoms with van der Waals surface area (Å²) in [7, 11) is 0. The zero-order chi connectivity index (χ0) is 12.3. The van der Waals surface area contributed by atoms with Gasteiger partial charge in [-0.25, -0.2) is 0 Å². The predicted octanol–water partition coefficient (Wildman–Crippen LogP) is 4.25. The fraction of sp³-hybridized carbons (Fsp3) is 0.800. The summed E-state index contributed by atoms with van der Waals surface area (Å²) in [5.74, 6) is 0.242. The molecule has 98 valence electrons. The van der Waals surface area contributed by atoms with Crippen LogP contribution in [0.15, 0.2) is 12.7 Å². The lowest BCUT2D eigenvalue weighted by Crippen LogP contribution is -2.23. The van der Waals surface area contributed by atoms with Crippen molar-refractivity contribution in [1.29, 1.82) is 0 Å². The van der Waals surface area contributed by atoms with E-state index in [1.54, 1.807) is 0 Å². The summed E-state index contributed by atoms with van der Waals surface area (Å²) in [6.07, 6.45) is 13.9. The van der Waals surface area contributed by atoms with E-state index >= 15 is 0 Å². The molecule has 1 heterocycles. The van der Waals surface area contributed by atoms with Gasteiger partial charge in [-0.05, 0) is 32.1 Å². The molecule has 1 atom stereocenters. The highest BCUT2D eigenvalue weighted by atomic mass is 16.5. The SMILES string of the molecule is C=CCCCCCCCCC1CCCOC1=O. The van der Waals surface area contributed by atoms with E-state index in [0.29, 0.717) is 6.61 Å². The summed E-state index contributed by atoms with van der Waals surface area (Å²) in [4.78, 5) is 11.4. The number of hydrogen-bond acceptors (Lipinski definition) is 2. The molecule has 1 aliphatic rings. The van der Waals surface area contributed by atoms with Gasteiger partial charge in [-0.2, -0.15) is 0 Å². The van der Waals surface area contributed by atoms with Crippen LogP contribution in [0.2, 0.25) is 0 Å². The van der Waals surface area contributed by atoms with E-state index in [-0.39, 0.29) is 11.9 Å². The van der Waals surface area contributed by atoms with Crippen LogP contribution < -0.4 is 0 Å². The minimum Gasteiger partial charge on any atom is -0.465 e. The zero-order valence-corrected chi connectivity index (χ0v) is 11.0. The number of carbonyl (C=O) groups is 1. The van der Waals surface area contributed by atoms with E-state index in [4.69, 9.17) is 4.74 Å². The highest BCUT2D eigenvalue weighted by Gasteiger charge is 2.22. The molecule has 1 fully saturated rings. The first-order valence-electron chi connectivity index (χ1n) is 7.12. The van der Waals surface area contributed by atoms with Crippen molar-refractivity contribution in [1.82, 2.24) is 0 Å². The summed E-state index contributed by atoms with van der Waals surface area (Å²) < 4.78 is 5.06. The Kier molecular flexibility index (Phi) is 7.78. The second-order valence-corrected chi connectivity index (χ2v) is 4.99. The van der Waals surface area contributed by atoms with E-state index in [1.807, 2.05) is 6.08 Å². The number of cyclic esters (lactones) is 1. The van der Waals surface area contributed by atoms with Crippen LogP contribution in [0.25, 0.3) is 0 Å². The number of ether oxygens (including phenoxy) is 1. The van der Waals surface area contributed by atoms with Gasteiger partial charge in [-0.1, -0.05) is 38.2 Å². The average molecular weight is 238 g/mol. The Hall–Kier alpha value is -0.790. The summed E-state index contributed by atoms with van der Waals surface area (Å²) in [5.41, 5.74) is 0. The van der Waals surface area contributed by atoms with Gasteiger partial charge < -0.3 is 4.74 Å². The van der Waals surface area contributed by atoms with Crippen molar-refractivity contribution in [3.63, 3.8) is 0 Å². The number of hydrogen-bond donors (Lipinski definition) is 0. The quantitative estimate of drug-likeness (QED) is 0.341. The number of unbranched alkanes of at least 4 members (excludes halogenated alkanes) is 6. The summed E-state index contributed by atoms with van der Waals surface area (Å²) in [6, 6.07) is 0. The lowest BCUT2D eigenvalue weighted by atomic mass is 9.94. The third kappa shape index (κ3) is 6.50. The molecule has 1 unspecified atom stereocenters. The largest absolute Gasteiger partial charge is 0.465 e. The van der Waals surface area contributed by atoms with Crippen LogP contribution in [0, 0.1) is 5.92 Å². The second kappa shape index (κ2) is 9.26. The van der Waals surface area contributed by atoms with Crippen molar-refractivity contribution in [2.45, 2.75) is 64.2 Å². The first-order chi connectivity index (χ1) is 8.34. The summed E-state index contributed by atoms with van der Waals surface area (Å²) in [5, 5.41) is 0. The summed E-state index contributed by atoms with van der Waals surface area (Å²) >= 11 is 0. The van der Waals surface area contributed by atoms with Crippen molar-refractivity contribution in [2.24, 2.45) is 5.92 Å². The van der Waals surface area contributed by atoms with E-state index < -0.39 is 0 Å². The molecule has 0 aromatic rings. The van der Waals surface area contributed by atoms with Crippen molar-refractivity contribution in [3.8, 4) is 0 Å². The van der Waals surface area contributed by atoms with Gasteiger partial charge in [0.05, 0.1) is 12.5 Å². The smallest absolute Gasteiger partial charge is 0.308 e. The number of allylic oxidation sites excluding steroid dienone is 1. The maximum absolute atomic E-state index is 11.4. The molecule has 2 nitrogen and oxygen atoms in total. The normalized spacial score (nSPS) is 20.0. The summed E-state index contributed by atoms with van der Waals surface area (Å²) in [6.45, 7) is 4.36. The van der Waals surface area contributed by atoms with Crippen LogP contribution in [0.4, 0.5) is 0 Å². The van der Waals surface area contributed by atoms with Crippen molar-refractivity contribution in [2.75, 3.05) is 6.61 Å². The lowest BCUT2D eigenvalue weighted by Gasteiger charge is -2.20. The molecule has 0 aromatic heterocycles. The first kappa shape index (κ1) is 14.3. The van der Waals surface area contributed by atoms with Gasteiger partial charge in [0.2, 0.25) is 0 Å². The predicted molar refractivity (Wildman–Crippen MR) is 70.8 cm³/mol. The molecule has 1 rings (SSSR count). The zero-order valence-electron chi connectivity index (χ0n) is 11.0. The molecule has 1 aliphatic heterocycles. The fourth-order valence-corrected chi connectivity index (χ4v) is 2.39. The third-order valence-corrected chi connectivity index (χ3v) is 3.49. The third-order valence-electron chi connectivity index (χ3n) is 3.49.